The zero-order chi connectivity index (χ0) is 13.9. The first-order chi connectivity index (χ1) is 9.78. The Morgan fingerprint density at radius 3 is 2.80 bits per heavy atom. The maximum atomic E-state index is 9.36. The first-order valence-corrected chi connectivity index (χ1v) is 7.34. The van der Waals surface area contributed by atoms with E-state index in [-0.39, 0.29) is 5.75 Å². The predicted octanol–water partition coefficient (Wildman–Crippen LogP) is 2.33. The van der Waals surface area contributed by atoms with Gasteiger partial charge in [0.1, 0.15) is 5.75 Å². The van der Waals surface area contributed by atoms with Gasteiger partial charge in [0.2, 0.25) is 0 Å². The van der Waals surface area contributed by atoms with Crippen molar-refractivity contribution in [3.05, 3.63) is 36.9 Å². The van der Waals surface area contributed by atoms with E-state index in [0.717, 1.165) is 28.9 Å². The van der Waals surface area contributed by atoms with Gasteiger partial charge in [0.15, 0.2) is 11.0 Å². The van der Waals surface area contributed by atoms with E-state index in [1.165, 1.54) is 0 Å². The van der Waals surface area contributed by atoms with Crippen LogP contribution in [0, 0.1) is 0 Å². The fourth-order valence-corrected chi connectivity index (χ4v) is 2.79. The summed E-state index contributed by atoms with van der Waals surface area (Å²) in [7, 11) is 0. The number of thioether (sulfide) groups is 1. The van der Waals surface area contributed by atoms with E-state index in [4.69, 9.17) is 4.74 Å². The molecular weight excluding hydrogens is 274 g/mol. The average molecular weight is 289 g/mol. The molecule has 1 aromatic heterocycles. The quantitative estimate of drug-likeness (QED) is 0.502. The second kappa shape index (κ2) is 5.68. The lowest BCUT2D eigenvalue weighted by Gasteiger charge is -2.07. The molecule has 1 aliphatic rings. The minimum Gasteiger partial charge on any atom is -0.508 e. The van der Waals surface area contributed by atoms with Crippen LogP contribution >= 0.6 is 11.8 Å². The van der Waals surface area contributed by atoms with Crippen molar-refractivity contribution < 1.29 is 9.84 Å². The molecule has 1 aromatic carbocycles. The van der Waals surface area contributed by atoms with Gasteiger partial charge in [-0.15, -0.1) is 16.8 Å². The van der Waals surface area contributed by atoms with Crippen LogP contribution in [0.5, 0.6) is 5.75 Å². The summed E-state index contributed by atoms with van der Waals surface area (Å²) in [5.74, 6) is 1.92. The third-order valence-electron chi connectivity index (χ3n) is 2.95. The molecule has 0 radical (unpaired) electrons. The highest BCUT2D eigenvalue weighted by Gasteiger charge is 2.24. The number of aromatic hydroxyl groups is 1. The minimum atomic E-state index is 0.240. The lowest BCUT2D eigenvalue weighted by Crippen LogP contribution is -2.01. The Bertz CT molecular complexity index is 605. The number of phenolic OH excluding ortho intramolecular Hbond substituents is 1. The lowest BCUT2D eigenvalue weighted by atomic mass is 10.2. The molecule has 5 nitrogen and oxygen atoms in total. The summed E-state index contributed by atoms with van der Waals surface area (Å²) in [6.45, 7) is 5.27. The predicted molar refractivity (Wildman–Crippen MR) is 77.8 cm³/mol. The monoisotopic (exact) mass is 289 g/mol. The molecule has 0 spiro atoms. The normalized spacial score (nSPS) is 17.1. The Hall–Kier alpha value is -1.79. The van der Waals surface area contributed by atoms with Crippen LogP contribution in [0.4, 0.5) is 0 Å². The van der Waals surface area contributed by atoms with Crippen LogP contribution in [-0.4, -0.2) is 38.3 Å². The van der Waals surface area contributed by atoms with Crippen molar-refractivity contribution in [2.75, 3.05) is 12.4 Å². The van der Waals surface area contributed by atoms with E-state index in [1.54, 1.807) is 23.9 Å². The third-order valence-corrected chi connectivity index (χ3v) is 4.05. The van der Waals surface area contributed by atoms with Gasteiger partial charge in [-0.1, -0.05) is 17.8 Å². The zero-order valence-electron chi connectivity index (χ0n) is 10.9. The molecule has 0 bridgehead atoms. The van der Waals surface area contributed by atoms with E-state index in [0.29, 0.717) is 12.6 Å². The summed E-state index contributed by atoms with van der Waals surface area (Å²) in [5.41, 5.74) is 0.923. The maximum absolute atomic E-state index is 9.36. The Labute approximate surface area is 121 Å². The number of hydrogen-bond acceptors (Lipinski definition) is 5. The van der Waals surface area contributed by atoms with Crippen molar-refractivity contribution in [2.24, 2.45) is 0 Å². The molecule has 2 heterocycles. The Kier molecular flexibility index (Phi) is 3.75. The summed E-state index contributed by atoms with van der Waals surface area (Å²) in [6, 6.07) is 6.95. The molecule has 1 saturated heterocycles. The van der Waals surface area contributed by atoms with Gasteiger partial charge in [-0.05, 0) is 24.3 Å². The van der Waals surface area contributed by atoms with Crippen molar-refractivity contribution >= 4 is 11.8 Å². The summed E-state index contributed by atoms with van der Waals surface area (Å²) < 4.78 is 7.23. The van der Waals surface area contributed by atoms with Crippen molar-refractivity contribution in [2.45, 2.75) is 17.8 Å². The standard InChI is InChI=1S/C14H15N3O2S/c1-2-7-17-13(10-3-5-11(18)6-4-10)15-16-14(17)20-9-12-8-19-12/h2-6,12,18H,1,7-9H2. The SMILES string of the molecule is C=CCn1c(SCC2CO2)nnc1-c1ccc(O)cc1. The molecule has 2 aromatic rings. The number of hydrogen-bond donors (Lipinski definition) is 1. The highest BCUT2D eigenvalue weighted by molar-refractivity contribution is 7.99. The number of phenols is 1. The number of ether oxygens (including phenoxy) is 1. The molecular formula is C14H15N3O2S. The molecule has 1 atom stereocenters. The van der Waals surface area contributed by atoms with Gasteiger partial charge in [0.25, 0.3) is 0 Å². The van der Waals surface area contributed by atoms with E-state index in [9.17, 15) is 5.11 Å². The smallest absolute Gasteiger partial charge is 0.191 e. The van der Waals surface area contributed by atoms with Crippen LogP contribution < -0.4 is 0 Å². The van der Waals surface area contributed by atoms with Gasteiger partial charge in [0, 0.05) is 17.9 Å². The van der Waals surface area contributed by atoms with Crippen LogP contribution in [-0.2, 0) is 11.3 Å². The highest BCUT2D eigenvalue weighted by Crippen LogP contribution is 2.27. The molecule has 0 amide bonds. The van der Waals surface area contributed by atoms with Crippen molar-refractivity contribution in [1.29, 1.82) is 0 Å². The Morgan fingerprint density at radius 2 is 2.15 bits per heavy atom. The molecule has 0 saturated carbocycles. The van der Waals surface area contributed by atoms with E-state index in [1.807, 2.05) is 22.8 Å². The number of rotatable bonds is 6. The molecule has 20 heavy (non-hydrogen) atoms. The van der Waals surface area contributed by atoms with Gasteiger partial charge < -0.3 is 9.84 Å². The zero-order valence-corrected chi connectivity index (χ0v) is 11.7. The van der Waals surface area contributed by atoms with Gasteiger partial charge >= 0.3 is 0 Å². The number of aromatic nitrogens is 3. The van der Waals surface area contributed by atoms with Crippen LogP contribution in [0.25, 0.3) is 11.4 Å². The summed E-state index contributed by atoms with van der Waals surface area (Å²) >= 11 is 1.64. The van der Waals surface area contributed by atoms with Crippen molar-refractivity contribution in [3.63, 3.8) is 0 Å². The average Bonchev–Trinajstić information content (AvgIpc) is 3.20. The number of benzene rings is 1. The van der Waals surface area contributed by atoms with Crippen molar-refractivity contribution in [1.82, 2.24) is 14.8 Å². The maximum Gasteiger partial charge on any atom is 0.191 e. The largest absolute Gasteiger partial charge is 0.508 e. The summed E-state index contributed by atoms with van der Waals surface area (Å²) in [4.78, 5) is 0. The Balaban J connectivity index is 1.88. The second-order valence-corrected chi connectivity index (χ2v) is 5.51. The molecule has 1 fully saturated rings. The Morgan fingerprint density at radius 1 is 1.40 bits per heavy atom. The number of allylic oxidation sites excluding steroid dienone is 1. The van der Waals surface area contributed by atoms with Gasteiger partial charge in [-0.3, -0.25) is 4.57 Å². The number of nitrogens with zero attached hydrogens (tertiary/aromatic N) is 3. The third kappa shape index (κ3) is 2.86. The summed E-state index contributed by atoms with van der Waals surface area (Å²) in [5, 5.41) is 18.7. The number of epoxide rings is 1. The fraction of sp³-hybridized carbons (Fsp3) is 0.286. The first-order valence-electron chi connectivity index (χ1n) is 6.36. The first kappa shape index (κ1) is 13.2. The molecule has 1 unspecified atom stereocenters. The molecule has 1 aliphatic heterocycles. The molecule has 3 rings (SSSR count). The fourth-order valence-electron chi connectivity index (χ4n) is 1.84. The molecule has 104 valence electrons. The van der Waals surface area contributed by atoms with E-state index in [2.05, 4.69) is 16.8 Å². The lowest BCUT2D eigenvalue weighted by molar-refractivity contribution is 0.426. The highest BCUT2D eigenvalue weighted by atomic mass is 32.2. The molecule has 6 heteroatoms. The van der Waals surface area contributed by atoms with E-state index < -0.39 is 0 Å². The van der Waals surface area contributed by atoms with Gasteiger partial charge in [-0.25, -0.2) is 0 Å². The second-order valence-electron chi connectivity index (χ2n) is 4.52. The van der Waals surface area contributed by atoms with Crippen LogP contribution in [0.1, 0.15) is 0 Å². The van der Waals surface area contributed by atoms with Gasteiger partial charge in [-0.2, -0.15) is 0 Å². The summed E-state index contributed by atoms with van der Waals surface area (Å²) in [6.07, 6.45) is 2.18. The topological polar surface area (TPSA) is 63.5 Å². The van der Waals surface area contributed by atoms with Crippen LogP contribution in [0.15, 0.2) is 42.1 Å². The minimum absolute atomic E-state index is 0.240. The molecule has 0 aliphatic carbocycles. The van der Waals surface area contributed by atoms with Crippen molar-refractivity contribution in [3.8, 4) is 17.1 Å². The van der Waals surface area contributed by atoms with Crippen LogP contribution in [0.2, 0.25) is 0 Å². The van der Waals surface area contributed by atoms with Gasteiger partial charge in [0.05, 0.1) is 12.7 Å². The molecule has 1 N–H and O–H groups in total. The van der Waals surface area contributed by atoms with Crippen LogP contribution in [0.3, 0.4) is 0 Å². The van der Waals surface area contributed by atoms with E-state index >= 15 is 0 Å².